The van der Waals surface area contributed by atoms with E-state index in [9.17, 15) is 13.2 Å². The summed E-state index contributed by atoms with van der Waals surface area (Å²) in [6, 6.07) is 7.15. The molecule has 0 spiro atoms. The molecular weight excluding hydrogens is 241 g/mol. The van der Waals surface area contributed by atoms with Crippen molar-refractivity contribution in [3.63, 3.8) is 0 Å². The summed E-state index contributed by atoms with van der Waals surface area (Å²) in [6.07, 6.45) is -6.14. The molecule has 1 nitrogen and oxygen atoms in total. The van der Waals surface area contributed by atoms with Crippen LogP contribution in [-0.2, 0) is 10.2 Å². The second-order valence-electron chi connectivity index (χ2n) is 5.38. The Bertz CT molecular complexity index is 391. The highest BCUT2D eigenvalue weighted by atomic mass is 19.4. The van der Waals surface area contributed by atoms with Gasteiger partial charge in [-0.3, -0.25) is 0 Å². The van der Waals surface area contributed by atoms with Gasteiger partial charge in [0, 0.05) is 7.11 Å². The maximum Gasteiger partial charge on any atom is 0.391 e. The molecule has 0 radical (unpaired) electrons. The Morgan fingerprint density at radius 2 is 1.67 bits per heavy atom. The van der Waals surface area contributed by atoms with Gasteiger partial charge in [0.15, 0.2) is 0 Å². The molecule has 0 saturated heterocycles. The Labute approximate surface area is 106 Å². The molecule has 0 aromatic heterocycles. The molecule has 0 saturated carbocycles. The molecule has 102 valence electrons. The van der Waals surface area contributed by atoms with Crippen LogP contribution < -0.4 is 0 Å². The van der Waals surface area contributed by atoms with Crippen molar-refractivity contribution in [2.24, 2.45) is 0 Å². The Morgan fingerprint density at radius 1 is 1.11 bits per heavy atom. The average Bonchev–Trinajstić information content (AvgIpc) is 2.23. The number of hydrogen-bond donors (Lipinski definition) is 0. The average molecular weight is 260 g/mol. The summed E-state index contributed by atoms with van der Waals surface area (Å²) in [4.78, 5) is 0. The molecule has 1 aromatic carbocycles. The van der Waals surface area contributed by atoms with Gasteiger partial charge in [0.25, 0.3) is 0 Å². The quantitative estimate of drug-likeness (QED) is 0.770. The first kappa shape index (κ1) is 15.0. The molecule has 0 N–H and O–H groups in total. The van der Waals surface area contributed by atoms with Crippen molar-refractivity contribution in [2.75, 3.05) is 7.11 Å². The molecule has 0 heterocycles. The third-order valence-electron chi connectivity index (χ3n) is 2.82. The number of rotatable bonds is 3. The summed E-state index contributed by atoms with van der Waals surface area (Å²) < 4.78 is 42.6. The van der Waals surface area contributed by atoms with Crippen LogP contribution in [0.1, 0.15) is 44.4 Å². The number of alkyl halides is 3. The van der Waals surface area contributed by atoms with Crippen LogP contribution in [-0.4, -0.2) is 13.3 Å². The molecule has 1 atom stereocenters. The number of benzene rings is 1. The van der Waals surface area contributed by atoms with Crippen LogP contribution in [0, 0.1) is 0 Å². The van der Waals surface area contributed by atoms with Crippen LogP contribution in [0.5, 0.6) is 0 Å². The first-order valence-electron chi connectivity index (χ1n) is 5.84. The molecule has 1 rings (SSSR count). The van der Waals surface area contributed by atoms with E-state index in [-0.39, 0.29) is 5.41 Å². The van der Waals surface area contributed by atoms with E-state index in [4.69, 9.17) is 4.74 Å². The predicted molar refractivity (Wildman–Crippen MR) is 65.6 cm³/mol. The second kappa shape index (κ2) is 5.31. The van der Waals surface area contributed by atoms with Crippen molar-refractivity contribution in [1.29, 1.82) is 0 Å². The molecule has 1 unspecified atom stereocenters. The monoisotopic (exact) mass is 260 g/mol. The van der Waals surface area contributed by atoms with E-state index in [1.807, 2.05) is 32.9 Å². The number of hydrogen-bond acceptors (Lipinski definition) is 1. The fraction of sp³-hybridized carbons (Fsp3) is 0.571. The summed E-state index contributed by atoms with van der Waals surface area (Å²) in [6.45, 7) is 5.93. The van der Waals surface area contributed by atoms with Gasteiger partial charge in [0.05, 0.1) is 12.5 Å². The minimum absolute atomic E-state index is 0.209. The van der Waals surface area contributed by atoms with Gasteiger partial charge in [-0.15, -0.1) is 0 Å². The van der Waals surface area contributed by atoms with Crippen molar-refractivity contribution in [1.82, 2.24) is 0 Å². The van der Waals surface area contributed by atoms with Crippen LogP contribution in [0.3, 0.4) is 0 Å². The lowest BCUT2D eigenvalue weighted by Gasteiger charge is -2.27. The van der Waals surface area contributed by atoms with Gasteiger partial charge in [-0.05, 0) is 16.5 Å². The van der Waals surface area contributed by atoms with Crippen molar-refractivity contribution >= 4 is 0 Å². The Morgan fingerprint density at radius 3 is 2.11 bits per heavy atom. The molecule has 4 heteroatoms. The number of halogens is 3. The second-order valence-corrected chi connectivity index (χ2v) is 5.38. The summed E-state index contributed by atoms with van der Waals surface area (Å²) in [5, 5.41) is 0. The zero-order valence-corrected chi connectivity index (χ0v) is 11.1. The summed E-state index contributed by atoms with van der Waals surface area (Å²) in [5.74, 6) is 0. The third kappa shape index (κ3) is 4.02. The zero-order chi connectivity index (χ0) is 14.0. The highest BCUT2D eigenvalue weighted by molar-refractivity contribution is 5.34. The fourth-order valence-electron chi connectivity index (χ4n) is 1.99. The SMILES string of the molecule is COC(CC(F)(F)F)c1ccccc1C(C)(C)C. The highest BCUT2D eigenvalue weighted by Gasteiger charge is 2.34. The fourth-order valence-corrected chi connectivity index (χ4v) is 1.99. The largest absolute Gasteiger partial charge is 0.391 e. The van der Waals surface area contributed by atoms with E-state index >= 15 is 0 Å². The van der Waals surface area contributed by atoms with Crippen molar-refractivity contribution < 1.29 is 17.9 Å². The van der Waals surface area contributed by atoms with Gasteiger partial charge in [-0.2, -0.15) is 13.2 Å². The Hall–Kier alpha value is -1.03. The van der Waals surface area contributed by atoms with E-state index in [1.165, 1.54) is 7.11 Å². The molecule has 0 aliphatic rings. The predicted octanol–water partition coefficient (Wildman–Crippen LogP) is 4.62. The van der Waals surface area contributed by atoms with Crippen molar-refractivity contribution in [3.05, 3.63) is 35.4 Å². The first-order valence-corrected chi connectivity index (χ1v) is 5.84. The van der Waals surface area contributed by atoms with Crippen LogP contribution in [0.2, 0.25) is 0 Å². The summed E-state index contributed by atoms with van der Waals surface area (Å²) in [7, 11) is 1.32. The molecule has 0 amide bonds. The van der Waals surface area contributed by atoms with Gasteiger partial charge < -0.3 is 4.74 Å². The minimum Gasteiger partial charge on any atom is -0.376 e. The van der Waals surface area contributed by atoms with E-state index in [0.717, 1.165) is 5.56 Å². The van der Waals surface area contributed by atoms with E-state index in [1.54, 1.807) is 12.1 Å². The maximum atomic E-state index is 12.5. The Balaban J connectivity index is 3.14. The van der Waals surface area contributed by atoms with Gasteiger partial charge in [0.2, 0.25) is 0 Å². The number of methoxy groups -OCH3 is 1. The van der Waals surface area contributed by atoms with Crippen LogP contribution in [0.15, 0.2) is 24.3 Å². The standard InChI is InChI=1S/C14H19F3O/c1-13(2,3)11-8-6-5-7-10(11)12(18-4)9-14(15,16)17/h5-8,12H,9H2,1-4H3. The topological polar surface area (TPSA) is 9.23 Å². The summed E-state index contributed by atoms with van der Waals surface area (Å²) in [5.41, 5.74) is 1.30. The molecular formula is C14H19F3O. The van der Waals surface area contributed by atoms with E-state index < -0.39 is 18.7 Å². The minimum atomic E-state index is -4.23. The molecule has 0 fully saturated rings. The zero-order valence-electron chi connectivity index (χ0n) is 11.1. The van der Waals surface area contributed by atoms with Crippen LogP contribution >= 0.6 is 0 Å². The van der Waals surface area contributed by atoms with Gasteiger partial charge >= 0.3 is 6.18 Å². The van der Waals surface area contributed by atoms with Crippen LogP contribution in [0.4, 0.5) is 13.2 Å². The lowest BCUT2D eigenvalue weighted by Crippen LogP contribution is -2.20. The van der Waals surface area contributed by atoms with Crippen LogP contribution in [0.25, 0.3) is 0 Å². The lowest BCUT2D eigenvalue weighted by atomic mass is 9.82. The van der Waals surface area contributed by atoms with E-state index in [0.29, 0.717) is 5.56 Å². The third-order valence-corrected chi connectivity index (χ3v) is 2.82. The smallest absolute Gasteiger partial charge is 0.376 e. The summed E-state index contributed by atoms with van der Waals surface area (Å²) >= 11 is 0. The van der Waals surface area contributed by atoms with Crippen molar-refractivity contribution in [2.45, 2.75) is 44.9 Å². The van der Waals surface area contributed by atoms with Gasteiger partial charge in [0.1, 0.15) is 0 Å². The molecule has 1 aromatic rings. The molecule has 18 heavy (non-hydrogen) atoms. The molecule has 0 bridgehead atoms. The number of ether oxygens (including phenoxy) is 1. The first-order chi connectivity index (χ1) is 8.15. The van der Waals surface area contributed by atoms with Gasteiger partial charge in [-0.25, -0.2) is 0 Å². The highest BCUT2D eigenvalue weighted by Crippen LogP contribution is 2.36. The molecule has 0 aliphatic heterocycles. The van der Waals surface area contributed by atoms with E-state index in [2.05, 4.69) is 0 Å². The van der Waals surface area contributed by atoms with Gasteiger partial charge in [-0.1, -0.05) is 45.0 Å². The normalized spacial score (nSPS) is 14.6. The maximum absolute atomic E-state index is 12.5. The van der Waals surface area contributed by atoms with Crippen molar-refractivity contribution in [3.8, 4) is 0 Å². The Kier molecular flexibility index (Phi) is 4.43. The molecule has 0 aliphatic carbocycles. The lowest BCUT2D eigenvalue weighted by molar-refractivity contribution is -0.158.